The summed E-state index contributed by atoms with van der Waals surface area (Å²) >= 11 is 5.67. The fraction of sp³-hybridized carbons (Fsp3) is 0.200. The minimum atomic E-state index is -0.0429. The molecule has 0 saturated carbocycles. The van der Waals surface area contributed by atoms with Crippen LogP contribution in [0.1, 0.15) is 12.6 Å². The fourth-order valence-electron chi connectivity index (χ4n) is 0.868. The van der Waals surface area contributed by atoms with Crippen LogP contribution in [-0.2, 0) is 4.79 Å². The van der Waals surface area contributed by atoms with Gasteiger partial charge in [-0.15, -0.1) is 0 Å². The lowest BCUT2D eigenvalue weighted by Crippen LogP contribution is -2.19. The summed E-state index contributed by atoms with van der Waals surface area (Å²) in [5, 5.41) is 3.26. The van der Waals surface area contributed by atoms with Crippen molar-refractivity contribution >= 4 is 23.6 Å². The summed E-state index contributed by atoms with van der Waals surface area (Å²) < 4.78 is 0. The topological polar surface area (TPSA) is 42.0 Å². The first-order chi connectivity index (χ1) is 6.68. The molecule has 0 atom stereocenters. The molecule has 0 aliphatic carbocycles. The van der Waals surface area contributed by atoms with E-state index in [9.17, 15) is 4.79 Å². The number of amides is 1. The normalized spacial score (nSPS) is 10.4. The van der Waals surface area contributed by atoms with Crippen LogP contribution < -0.4 is 5.32 Å². The van der Waals surface area contributed by atoms with Gasteiger partial charge in [0.2, 0.25) is 5.91 Å². The second-order valence-corrected chi connectivity index (χ2v) is 3.18. The molecule has 0 unspecified atom stereocenters. The molecule has 1 rings (SSSR count). The van der Waals surface area contributed by atoms with Crippen molar-refractivity contribution in [2.75, 3.05) is 6.54 Å². The smallest absolute Gasteiger partial charge is 0.217 e. The van der Waals surface area contributed by atoms with Crippen LogP contribution in [0.5, 0.6) is 0 Å². The van der Waals surface area contributed by atoms with Gasteiger partial charge in [0.1, 0.15) is 0 Å². The van der Waals surface area contributed by atoms with Crippen LogP contribution in [-0.4, -0.2) is 17.4 Å². The van der Waals surface area contributed by atoms with Crippen molar-refractivity contribution in [3.8, 4) is 0 Å². The standard InChI is InChI=1S/C10H11ClN2O/c1-8(14)12-6-2-3-10-5-4-9(11)7-13-10/h2-5,7H,6H2,1H3,(H,12,14). The number of rotatable bonds is 3. The molecular weight excluding hydrogens is 200 g/mol. The molecule has 1 amide bonds. The number of hydrogen-bond acceptors (Lipinski definition) is 2. The minimum absolute atomic E-state index is 0.0429. The van der Waals surface area contributed by atoms with Gasteiger partial charge in [0, 0.05) is 19.7 Å². The highest BCUT2D eigenvalue weighted by molar-refractivity contribution is 6.30. The van der Waals surface area contributed by atoms with E-state index in [4.69, 9.17) is 11.6 Å². The fourth-order valence-corrected chi connectivity index (χ4v) is 0.980. The second-order valence-electron chi connectivity index (χ2n) is 2.74. The van der Waals surface area contributed by atoms with Crippen LogP contribution >= 0.6 is 11.6 Å². The Bertz CT molecular complexity index is 332. The number of nitrogens with one attached hydrogen (secondary N) is 1. The van der Waals surface area contributed by atoms with E-state index < -0.39 is 0 Å². The van der Waals surface area contributed by atoms with E-state index >= 15 is 0 Å². The van der Waals surface area contributed by atoms with Crippen LogP contribution in [0.4, 0.5) is 0 Å². The van der Waals surface area contributed by atoms with Gasteiger partial charge in [-0.3, -0.25) is 9.78 Å². The van der Waals surface area contributed by atoms with E-state index in [0.29, 0.717) is 11.6 Å². The van der Waals surface area contributed by atoms with E-state index in [1.165, 1.54) is 6.92 Å². The molecule has 0 radical (unpaired) electrons. The summed E-state index contributed by atoms with van der Waals surface area (Å²) in [6, 6.07) is 3.58. The zero-order valence-corrected chi connectivity index (χ0v) is 8.58. The van der Waals surface area contributed by atoms with Crippen molar-refractivity contribution in [2.45, 2.75) is 6.92 Å². The van der Waals surface area contributed by atoms with Crippen molar-refractivity contribution < 1.29 is 4.79 Å². The Balaban J connectivity index is 2.44. The molecule has 0 bridgehead atoms. The minimum Gasteiger partial charge on any atom is -0.353 e. The molecular formula is C10H11ClN2O. The quantitative estimate of drug-likeness (QED) is 0.828. The van der Waals surface area contributed by atoms with Crippen molar-refractivity contribution in [3.05, 3.63) is 35.1 Å². The van der Waals surface area contributed by atoms with Crippen molar-refractivity contribution in [3.63, 3.8) is 0 Å². The first-order valence-corrected chi connectivity index (χ1v) is 4.59. The highest BCUT2D eigenvalue weighted by Crippen LogP contribution is 2.06. The monoisotopic (exact) mass is 210 g/mol. The molecule has 74 valence electrons. The lowest BCUT2D eigenvalue weighted by Gasteiger charge is -1.95. The summed E-state index contributed by atoms with van der Waals surface area (Å²) in [4.78, 5) is 14.6. The average Bonchev–Trinajstić information content (AvgIpc) is 2.15. The first-order valence-electron chi connectivity index (χ1n) is 4.21. The highest BCUT2D eigenvalue weighted by Gasteiger charge is 1.89. The number of carbonyl (C=O) groups excluding carboxylic acids is 1. The van der Waals surface area contributed by atoms with E-state index in [1.54, 1.807) is 12.3 Å². The van der Waals surface area contributed by atoms with Gasteiger partial charge in [0.25, 0.3) is 0 Å². The van der Waals surface area contributed by atoms with Gasteiger partial charge in [-0.25, -0.2) is 0 Å². The van der Waals surface area contributed by atoms with E-state index in [0.717, 1.165) is 5.69 Å². The molecule has 0 saturated heterocycles. The SMILES string of the molecule is CC(=O)NCC=Cc1ccc(Cl)cn1. The Morgan fingerprint density at radius 2 is 2.43 bits per heavy atom. The lowest BCUT2D eigenvalue weighted by atomic mass is 10.3. The number of halogens is 1. The van der Waals surface area contributed by atoms with Crippen LogP contribution in [0, 0.1) is 0 Å². The van der Waals surface area contributed by atoms with Gasteiger partial charge in [-0.1, -0.05) is 17.7 Å². The maximum atomic E-state index is 10.5. The van der Waals surface area contributed by atoms with Gasteiger partial charge in [0.05, 0.1) is 10.7 Å². The maximum absolute atomic E-state index is 10.5. The Morgan fingerprint density at radius 1 is 1.64 bits per heavy atom. The van der Waals surface area contributed by atoms with Gasteiger partial charge in [-0.05, 0) is 18.2 Å². The first kappa shape index (κ1) is 10.7. The van der Waals surface area contributed by atoms with E-state index in [-0.39, 0.29) is 5.91 Å². The average molecular weight is 211 g/mol. The Kier molecular flexibility index (Phi) is 4.13. The molecule has 0 aromatic carbocycles. The molecule has 0 aliphatic rings. The largest absolute Gasteiger partial charge is 0.353 e. The number of pyridine rings is 1. The van der Waals surface area contributed by atoms with Crippen LogP contribution in [0.25, 0.3) is 6.08 Å². The molecule has 1 heterocycles. The van der Waals surface area contributed by atoms with Crippen LogP contribution in [0.3, 0.4) is 0 Å². The van der Waals surface area contributed by atoms with Crippen molar-refractivity contribution in [1.29, 1.82) is 0 Å². The third kappa shape index (κ3) is 4.05. The highest BCUT2D eigenvalue weighted by atomic mass is 35.5. The third-order valence-corrected chi connectivity index (χ3v) is 1.73. The molecule has 14 heavy (non-hydrogen) atoms. The summed E-state index contributed by atoms with van der Waals surface area (Å²) in [6.45, 7) is 1.99. The predicted octanol–water partition coefficient (Wildman–Crippen LogP) is 1.88. The Labute approximate surface area is 87.8 Å². The number of aromatic nitrogens is 1. The molecule has 1 aromatic rings. The maximum Gasteiger partial charge on any atom is 0.217 e. The molecule has 1 aromatic heterocycles. The van der Waals surface area contributed by atoms with E-state index in [2.05, 4.69) is 10.3 Å². The Morgan fingerprint density at radius 3 is 3.00 bits per heavy atom. The molecule has 4 heteroatoms. The van der Waals surface area contributed by atoms with Crippen molar-refractivity contribution in [1.82, 2.24) is 10.3 Å². The lowest BCUT2D eigenvalue weighted by molar-refractivity contribution is -0.118. The molecule has 1 N–H and O–H groups in total. The summed E-state index contributed by atoms with van der Waals surface area (Å²) in [5.74, 6) is -0.0429. The number of carbonyl (C=O) groups is 1. The summed E-state index contributed by atoms with van der Waals surface area (Å²) in [5.41, 5.74) is 0.819. The summed E-state index contributed by atoms with van der Waals surface area (Å²) in [6.07, 6.45) is 5.24. The second kappa shape index (κ2) is 5.40. The van der Waals surface area contributed by atoms with Gasteiger partial charge >= 0.3 is 0 Å². The van der Waals surface area contributed by atoms with Gasteiger partial charge in [-0.2, -0.15) is 0 Å². The molecule has 3 nitrogen and oxygen atoms in total. The Hall–Kier alpha value is -1.35. The summed E-state index contributed by atoms with van der Waals surface area (Å²) in [7, 11) is 0. The number of hydrogen-bond donors (Lipinski definition) is 1. The van der Waals surface area contributed by atoms with Gasteiger partial charge in [0.15, 0.2) is 0 Å². The molecule has 0 spiro atoms. The predicted molar refractivity (Wildman–Crippen MR) is 57.0 cm³/mol. The molecule has 0 fully saturated rings. The molecule has 0 aliphatic heterocycles. The number of nitrogens with zero attached hydrogens (tertiary/aromatic N) is 1. The third-order valence-electron chi connectivity index (χ3n) is 1.51. The van der Waals surface area contributed by atoms with E-state index in [1.807, 2.05) is 18.2 Å². The van der Waals surface area contributed by atoms with Crippen LogP contribution in [0.2, 0.25) is 5.02 Å². The zero-order chi connectivity index (χ0) is 10.4. The van der Waals surface area contributed by atoms with Crippen LogP contribution in [0.15, 0.2) is 24.4 Å². The van der Waals surface area contributed by atoms with Gasteiger partial charge < -0.3 is 5.32 Å². The zero-order valence-electron chi connectivity index (χ0n) is 7.83. The van der Waals surface area contributed by atoms with Crippen molar-refractivity contribution in [2.24, 2.45) is 0 Å².